The summed E-state index contributed by atoms with van der Waals surface area (Å²) in [6, 6.07) is 20.2. The molecule has 0 aromatic heterocycles. The van der Waals surface area contributed by atoms with Crippen LogP contribution < -0.4 is 10.1 Å². The minimum Gasteiger partial charge on any atom is -0.493 e. The second-order valence-corrected chi connectivity index (χ2v) is 8.23. The molecule has 160 valence electrons. The Kier molecular flexibility index (Phi) is 5.51. The molecule has 1 fully saturated rings. The second-order valence-electron chi connectivity index (χ2n) is 8.23. The highest BCUT2D eigenvalue weighted by Gasteiger charge is 2.37. The van der Waals surface area contributed by atoms with E-state index in [1.54, 1.807) is 0 Å². The van der Waals surface area contributed by atoms with Gasteiger partial charge in [0.05, 0.1) is 18.3 Å². The van der Waals surface area contributed by atoms with E-state index in [4.69, 9.17) is 9.47 Å². The van der Waals surface area contributed by atoms with Gasteiger partial charge in [-0.25, -0.2) is 0 Å². The predicted molar refractivity (Wildman–Crippen MR) is 123 cm³/mol. The molecule has 5 heteroatoms. The lowest BCUT2D eigenvalue weighted by molar-refractivity contribution is 0.0425. The Labute approximate surface area is 183 Å². The summed E-state index contributed by atoms with van der Waals surface area (Å²) >= 11 is 0. The van der Waals surface area contributed by atoms with Crippen LogP contribution in [-0.4, -0.2) is 36.7 Å². The van der Waals surface area contributed by atoms with Gasteiger partial charge < -0.3 is 19.7 Å². The lowest BCUT2D eigenvalue weighted by Crippen LogP contribution is -2.46. The van der Waals surface area contributed by atoms with Gasteiger partial charge >= 0.3 is 0 Å². The van der Waals surface area contributed by atoms with Crippen LogP contribution in [0, 0.1) is 0 Å². The third-order valence-corrected chi connectivity index (χ3v) is 6.11. The van der Waals surface area contributed by atoms with Gasteiger partial charge in [0, 0.05) is 24.4 Å². The Morgan fingerprint density at radius 2 is 1.94 bits per heavy atom. The van der Waals surface area contributed by atoms with Crippen molar-refractivity contribution >= 4 is 22.4 Å². The molecule has 1 amide bonds. The van der Waals surface area contributed by atoms with E-state index < -0.39 is 0 Å². The Balaban J connectivity index is 1.65. The first kappa shape index (κ1) is 19.9. The number of rotatable bonds is 6. The maximum Gasteiger partial charge on any atom is 0.257 e. The zero-order valence-corrected chi connectivity index (χ0v) is 17.8. The maximum absolute atomic E-state index is 13.6. The molecule has 1 saturated heterocycles. The normalized spacial score (nSPS) is 20.5. The average molecular weight is 417 g/mol. The number of carbonyl (C=O) groups is 1. The standard InChI is InChI=1S/C26H28N2O3/c1-2-15-31-23-14-13-18-8-3-4-10-20(18)24(23)25-27-22-12-6-5-11-21(22)26(29)28(25)17-19-9-7-16-30-19/h3-6,8,10-14,19,25,27H,2,7,9,15-17H2,1H3. The van der Waals surface area contributed by atoms with Crippen molar-refractivity contribution in [3.63, 3.8) is 0 Å². The summed E-state index contributed by atoms with van der Waals surface area (Å²) in [5, 5.41) is 5.87. The molecule has 0 radical (unpaired) electrons. The van der Waals surface area contributed by atoms with Gasteiger partial charge in [0.15, 0.2) is 0 Å². The third kappa shape index (κ3) is 3.74. The summed E-state index contributed by atoms with van der Waals surface area (Å²) in [6.45, 7) is 4.05. The van der Waals surface area contributed by atoms with Crippen LogP contribution in [0.3, 0.4) is 0 Å². The second kappa shape index (κ2) is 8.60. The molecule has 1 N–H and O–H groups in total. The highest BCUT2D eigenvalue weighted by molar-refractivity contribution is 6.02. The van der Waals surface area contributed by atoms with E-state index in [1.807, 2.05) is 47.4 Å². The average Bonchev–Trinajstić information content (AvgIpc) is 3.32. The number of benzene rings is 3. The highest BCUT2D eigenvalue weighted by Crippen LogP contribution is 2.41. The smallest absolute Gasteiger partial charge is 0.257 e. The van der Waals surface area contributed by atoms with Crippen LogP contribution in [0.25, 0.3) is 10.8 Å². The summed E-state index contributed by atoms with van der Waals surface area (Å²) in [7, 11) is 0. The molecule has 2 aliphatic heterocycles. The van der Waals surface area contributed by atoms with Gasteiger partial charge in [-0.15, -0.1) is 0 Å². The quantitative estimate of drug-likeness (QED) is 0.587. The van der Waals surface area contributed by atoms with Crippen LogP contribution in [-0.2, 0) is 4.74 Å². The summed E-state index contributed by atoms with van der Waals surface area (Å²) in [4.78, 5) is 15.6. The number of carbonyl (C=O) groups excluding carboxylic acids is 1. The van der Waals surface area contributed by atoms with Crippen LogP contribution in [0.1, 0.15) is 48.3 Å². The monoisotopic (exact) mass is 416 g/mol. The fourth-order valence-electron chi connectivity index (χ4n) is 4.61. The molecule has 2 aliphatic rings. The van der Waals surface area contributed by atoms with Crippen molar-refractivity contribution in [3.05, 3.63) is 71.8 Å². The zero-order valence-electron chi connectivity index (χ0n) is 17.8. The van der Waals surface area contributed by atoms with Crippen molar-refractivity contribution in [2.75, 3.05) is 25.1 Å². The van der Waals surface area contributed by atoms with Crippen molar-refractivity contribution in [2.24, 2.45) is 0 Å². The molecule has 0 spiro atoms. The Morgan fingerprint density at radius 3 is 2.77 bits per heavy atom. The molecule has 0 aliphatic carbocycles. The molecular weight excluding hydrogens is 388 g/mol. The van der Waals surface area contributed by atoms with E-state index in [-0.39, 0.29) is 18.2 Å². The van der Waals surface area contributed by atoms with Crippen molar-refractivity contribution in [3.8, 4) is 5.75 Å². The molecule has 5 nitrogen and oxygen atoms in total. The topological polar surface area (TPSA) is 50.8 Å². The van der Waals surface area contributed by atoms with E-state index in [1.165, 1.54) is 0 Å². The fraction of sp³-hybridized carbons (Fsp3) is 0.346. The molecule has 3 aromatic rings. The van der Waals surface area contributed by atoms with E-state index in [9.17, 15) is 4.79 Å². The first-order valence-corrected chi connectivity index (χ1v) is 11.2. The number of para-hydroxylation sites is 1. The largest absolute Gasteiger partial charge is 0.493 e. The molecule has 31 heavy (non-hydrogen) atoms. The van der Waals surface area contributed by atoms with Gasteiger partial charge in [-0.2, -0.15) is 0 Å². The van der Waals surface area contributed by atoms with Gasteiger partial charge in [0.25, 0.3) is 5.91 Å². The van der Waals surface area contributed by atoms with Crippen molar-refractivity contribution in [1.82, 2.24) is 4.90 Å². The molecule has 3 aromatic carbocycles. The number of fused-ring (bicyclic) bond motifs is 2. The van der Waals surface area contributed by atoms with Crippen LogP contribution in [0.2, 0.25) is 0 Å². The zero-order chi connectivity index (χ0) is 21.2. The van der Waals surface area contributed by atoms with E-state index >= 15 is 0 Å². The molecule has 0 bridgehead atoms. The molecule has 2 heterocycles. The van der Waals surface area contributed by atoms with Crippen LogP contribution in [0.5, 0.6) is 5.75 Å². The van der Waals surface area contributed by atoms with Crippen molar-refractivity contribution < 1.29 is 14.3 Å². The maximum atomic E-state index is 13.6. The first-order chi connectivity index (χ1) is 15.3. The van der Waals surface area contributed by atoms with E-state index in [0.29, 0.717) is 18.7 Å². The van der Waals surface area contributed by atoms with E-state index in [2.05, 4.69) is 30.4 Å². The summed E-state index contributed by atoms with van der Waals surface area (Å²) < 4.78 is 12.1. The number of anilines is 1. The highest BCUT2D eigenvalue weighted by atomic mass is 16.5. The number of nitrogens with one attached hydrogen (secondary N) is 1. The SMILES string of the molecule is CCCOc1ccc2ccccc2c1C1Nc2ccccc2C(=O)N1CC1CCCO1. The van der Waals surface area contributed by atoms with Crippen molar-refractivity contribution in [1.29, 1.82) is 0 Å². The molecule has 5 rings (SSSR count). The van der Waals surface area contributed by atoms with Crippen LogP contribution in [0.15, 0.2) is 60.7 Å². The van der Waals surface area contributed by atoms with Gasteiger partial charge in [-0.3, -0.25) is 4.79 Å². The number of amides is 1. The lowest BCUT2D eigenvalue weighted by atomic mass is 9.97. The van der Waals surface area contributed by atoms with Gasteiger partial charge in [-0.05, 0) is 48.2 Å². The number of hydrogen-bond acceptors (Lipinski definition) is 4. The Bertz CT molecular complexity index is 1090. The lowest BCUT2D eigenvalue weighted by Gasteiger charge is -2.40. The predicted octanol–water partition coefficient (Wildman–Crippen LogP) is 5.37. The Hall–Kier alpha value is -3.05. The minimum absolute atomic E-state index is 0.0317. The van der Waals surface area contributed by atoms with Gasteiger partial charge in [-0.1, -0.05) is 49.4 Å². The number of nitrogens with zero attached hydrogens (tertiary/aromatic N) is 1. The fourth-order valence-corrected chi connectivity index (χ4v) is 4.61. The first-order valence-electron chi connectivity index (χ1n) is 11.2. The van der Waals surface area contributed by atoms with Crippen LogP contribution >= 0.6 is 0 Å². The molecular formula is C26H28N2O3. The number of hydrogen-bond donors (Lipinski definition) is 1. The van der Waals surface area contributed by atoms with E-state index in [0.717, 1.165) is 53.6 Å². The summed E-state index contributed by atoms with van der Waals surface area (Å²) in [6.07, 6.45) is 2.68. The number of ether oxygens (including phenoxy) is 2. The Morgan fingerprint density at radius 1 is 1.10 bits per heavy atom. The van der Waals surface area contributed by atoms with Gasteiger partial charge in [0.1, 0.15) is 11.9 Å². The minimum atomic E-state index is -0.329. The third-order valence-electron chi connectivity index (χ3n) is 6.11. The van der Waals surface area contributed by atoms with Crippen LogP contribution in [0.4, 0.5) is 5.69 Å². The van der Waals surface area contributed by atoms with Gasteiger partial charge in [0.2, 0.25) is 0 Å². The molecule has 2 atom stereocenters. The van der Waals surface area contributed by atoms with Crippen molar-refractivity contribution in [2.45, 2.75) is 38.5 Å². The summed E-state index contributed by atoms with van der Waals surface area (Å²) in [5.74, 6) is 0.854. The molecule has 0 saturated carbocycles. The summed E-state index contributed by atoms with van der Waals surface area (Å²) in [5.41, 5.74) is 2.57. The molecule has 2 unspecified atom stereocenters.